The quantitative estimate of drug-likeness (QED) is 0.841. The number of carbonyl (C=O) groups excluding carboxylic acids is 1. The van der Waals surface area contributed by atoms with Crippen LogP contribution in [-0.2, 0) is 11.3 Å². The first-order chi connectivity index (χ1) is 12.3. The number of aryl methyl sites for hydroxylation is 2. The van der Waals surface area contributed by atoms with Crippen molar-refractivity contribution in [3.8, 4) is 11.4 Å². The van der Waals surface area contributed by atoms with Gasteiger partial charge in [0.25, 0.3) is 0 Å². The van der Waals surface area contributed by atoms with Gasteiger partial charge in [-0.2, -0.15) is 5.10 Å². The van der Waals surface area contributed by atoms with Crippen molar-refractivity contribution in [2.75, 3.05) is 6.54 Å². The van der Waals surface area contributed by atoms with Gasteiger partial charge in [0.05, 0.1) is 23.1 Å². The van der Waals surface area contributed by atoms with Crippen LogP contribution in [0.3, 0.4) is 0 Å². The zero-order valence-corrected chi connectivity index (χ0v) is 16.5. The van der Waals surface area contributed by atoms with Gasteiger partial charge in [0, 0.05) is 24.7 Å². The lowest BCUT2D eigenvalue weighted by atomic mass is 9.90. The molecule has 26 heavy (non-hydrogen) atoms. The standard InChI is InChI=1S/C20H29N5O/c1-6-25-18(10-11-21-25)16-13-15(22-14(2)23-16)17-9-7-8-12-24(17)19(26)20(3,4)5/h10-11,13,17H,6-9,12H2,1-5H3. The van der Waals surface area contributed by atoms with E-state index in [2.05, 4.69) is 17.0 Å². The van der Waals surface area contributed by atoms with Gasteiger partial charge in [0.15, 0.2) is 0 Å². The van der Waals surface area contributed by atoms with Crippen LogP contribution in [0.1, 0.15) is 64.5 Å². The number of hydrogen-bond donors (Lipinski definition) is 0. The molecule has 2 aromatic rings. The number of carbonyl (C=O) groups is 1. The third-order valence-corrected chi connectivity index (χ3v) is 4.88. The number of likely N-dealkylation sites (tertiary alicyclic amines) is 1. The smallest absolute Gasteiger partial charge is 0.228 e. The summed E-state index contributed by atoms with van der Waals surface area (Å²) in [4.78, 5) is 24.3. The minimum atomic E-state index is -0.388. The van der Waals surface area contributed by atoms with Crippen LogP contribution in [-0.4, -0.2) is 37.1 Å². The fourth-order valence-corrected chi connectivity index (χ4v) is 3.61. The van der Waals surface area contributed by atoms with Crippen LogP contribution in [0.15, 0.2) is 18.3 Å². The first kappa shape index (κ1) is 18.5. The first-order valence-electron chi connectivity index (χ1n) is 9.50. The summed E-state index contributed by atoms with van der Waals surface area (Å²) in [5.41, 5.74) is 2.42. The zero-order chi connectivity index (χ0) is 18.9. The summed E-state index contributed by atoms with van der Waals surface area (Å²) >= 11 is 0. The number of hydrogen-bond acceptors (Lipinski definition) is 4. The highest BCUT2D eigenvalue weighted by Crippen LogP contribution is 2.34. The average Bonchev–Trinajstić information content (AvgIpc) is 3.08. The van der Waals surface area contributed by atoms with Gasteiger partial charge in [-0.15, -0.1) is 0 Å². The number of aromatic nitrogens is 4. The van der Waals surface area contributed by atoms with Gasteiger partial charge in [0.1, 0.15) is 5.82 Å². The van der Waals surface area contributed by atoms with Gasteiger partial charge in [0.2, 0.25) is 5.91 Å². The van der Waals surface area contributed by atoms with Crippen LogP contribution < -0.4 is 0 Å². The summed E-state index contributed by atoms with van der Waals surface area (Å²) in [6.45, 7) is 11.5. The van der Waals surface area contributed by atoms with Crippen molar-refractivity contribution < 1.29 is 4.79 Å². The van der Waals surface area contributed by atoms with Crippen molar-refractivity contribution in [2.24, 2.45) is 5.41 Å². The lowest BCUT2D eigenvalue weighted by molar-refractivity contribution is -0.143. The molecule has 1 fully saturated rings. The SMILES string of the molecule is CCn1nccc1-c1cc(C2CCCCN2C(=O)C(C)(C)C)nc(C)n1. The topological polar surface area (TPSA) is 63.9 Å². The molecule has 6 heteroatoms. The number of amides is 1. The third kappa shape index (κ3) is 3.64. The Hall–Kier alpha value is -2.24. The van der Waals surface area contributed by atoms with Crippen molar-refractivity contribution in [1.82, 2.24) is 24.6 Å². The predicted octanol–water partition coefficient (Wildman–Crippen LogP) is 3.77. The predicted molar refractivity (Wildman–Crippen MR) is 101 cm³/mol. The molecule has 1 aliphatic heterocycles. The molecule has 0 aliphatic carbocycles. The van der Waals surface area contributed by atoms with Gasteiger partial charge < -0.3 is 4.90 Å². The minimum absolute atomic E-state index is 0.0222. The molecule has 0 saturated carbocycles. The van der Waals surface area contributed by atoms with Gasteiger partial charge in [-0.3, -0.25) is 9.48 Å². The zero-order valence-electron chi connectivity index (χ0n) is 16.5. The van der Waals surface area contributed by atoms with E-state index < -0.39 is 0 Å². The average molecular weight is 355 g/mol. The molecule has 0 spiro atoms. The molecule has 1 saturated heterocycles. The Bertz CT molecular complexity index is 790. The van der Waals surface area contributed by atoms with E-state index in [0.717, 1.165) is 55.3 Å². The van der Waals surface area contributed by atoms with Crippen LogP contribution in [0.2, 0.25) is 0 Å². The molecule has 1 atom stereocenters. The van der Waals surface area contributed by atoms with Crippen molar-refractivity contribution >= 4 is 5.91 Å². The van der Waals surface area contributed by atoms with E-state index in [4.69, 9.17) is 4.98 Å². The number of piperidine rings is 1. The highest BCUT2D eigenvalue weighted by atomic mass is 16.2. The van der Waals surface area contributed by atoms with Crippen LogP contribution >= 0.6 is 0 Å². The van der Waals surface area contributed by atoms with Gasteiger partial charge in [-0.05, 0) is 45.2 Å². The van der Waals surface area contributed by atoms with E-state index in [0.29, 0.717) is 0 Å². The maximum atomic E-state index is 13.0. The third-order valence-electron chi connectivity index (χ3n) is 4.88. The lowest BCUT2D eigenvalue weighted by Gasteiger charge is -2.39. The molecule has 0 aromatic carbocycles. The molecule has 3 heterocycles. The summed E-state index contributed by atoms with van der Waals surface area (Å²) in [6, 6.07) is 4.04. The molecular formula is C20H29N5O. The van der Waals surface area contributed by atoms with Crippen molar-refractivity contribution in [2.45, 2.75) is 66.5 Å². The summed E-state index contributed by atoms with van der Waals surface area (Å²) < 4.78 is 1.94. The summed E-state index contributed by atoms with van der Waals surface area (Å²) in [7, 11) is 0. The molecule has 0 radical (unpaired) electrons. The normalized spacial score (nSPS) is 18.2. The maximum absolute atomic E-state index is 13.0. The number of rotatable bonds is 3. The Morgan fingerprint density at radius 3 is 2.73 bits per heavy atom. The van der Waals surface area contributed by atoms with Gasteiger partial charge >= 0.3 is 0 Å². The summed E-state index contributed by atoms with van der Waals surface area (Å²) in [5.74, 6) is 0.925. The molecule has 3 rings (SSSR count). The second kappa shape index (κ2) is 7.17. The Labute approximate surface area is 155 Å². The van der Waals surface area contributed by atoms with Crippen molar-refractivity contribution in [3.05, 3.63) is 29.8 Å². The molecule has 1 unspecified atom stereocenters. The molecule has 0 N–H and O–H groups in total. The molecule has 2 aromatic heterocycles. The van der Waals surface area contributed by atoms with Crippen LogP contribution in [0, 0.1) is 12.3 Å². The van der Waals surface area contributed by atoms with Crippen molar-refractivity contribution in [3.63, 3.8) is 0 Å². The molecule has 140 valence electrons. The van der Waals surface area contributed by atoms with Crippen LogP contribution in [0.5, 0.6) is 0 Å². The highest BCUT2D eigenvalue weighted by molar-refractivity contribution is 5.82. The van der Waals surface area contributed by atoms with E-state index in [9.17, 15) is 4.79 Å². The summed E-state index contributed by atoms with van der Waals surface area (Å²) in [6.07, 6.45) is 4.92. The fraction of sp³-hybridized carbons (Fsp3) is 0.600. The van der Waals surface area contributed by atoms with Crippen LogP contribution in [0.25, 0.3) is 11.4 Å². The summed E-state index contributed by atoms with van der Waals surface area (Å²) in [5, 5.41) is 4.35. The molecule has 1 aliphatic rings. The molecule has 0 bridgehead atoms. The lowest BCUT2D eigenvalue weighted by Crippen LogP contribution is -2.44. The van der Waals surface area contributed by atoms with Gasteiger partial charge in [-0.1, -0.05) is 20.8 Å². The minimum Gasteiger partial charge on any atom is -0.334 e. The second-order valence-corrected chi connectivity index (χ2v) is 8.02. The maximum Gasteiger partial charge on any atom is 0.228 e. The second-order valence-electron chi connectivity index (χ2n) is 8.02. The Morgan fingerprint density at radius 1 is 1.27 bits per heavy atom. The largest absolute Gasteiger partial charge is 0.334 e. The van der Waals surface area contributed by atoms with E-state index in [1.54, 1.807) is 6.20 Å². The Balaban J connectivity index is 2.01. The van der Waals surface area contributed by atoms with E-state index >= 15 is 0 Å². The fourth-order valence-electron chi connectivity index (χ4n) is 3.61. The Kier molecular flexibility index (Phi) is 5.12. The monoisotopic (exact) mass is 355 g/mol. The first-order valence-corrected chi connectivity index (χ1v) is 9.50. The van der Waals surface area contributed by atoms with Crippen molar-refractivity contribution in [1.29, 1.82) is 0 Å². The van der Waals surface area contributed by atoms with E-state index in [1.165, 1.54) is 0 Å². The van der Waals surface area contributed by atoms with E-state index in [1.807, 2.05) is 49.4 Å². The Morgan fingerprint density at radius 2 is 2.04 bits per heavy atom. The van der Waals surface area contributed by atoms with Gasteiger partial charge in [-0.25, -0.2) is 9.97 Å². The highest BCUT2D eigenvalue weighted by Gasteiger charge is 2.35. The number of nitrogens with zero attached hydrogens (tertiary/aromatic N) is 5. The molecule has 6 nitrogen and oxygen atoms in total. The van der Waals surface area contributed by atoms with E-state index in [-0.39, 0.29) is 17.4 Å². The van der Waals surface area contributed by atoms with Crippen LogP contribution in [0.4, 0.5) is 0 Å². The molecule has 1 amide bonds. The molecular weight excluding hydrogens is 326 g/mol.